The molecule has 0 bridgehead atoms. The summed E-state index contributed by atoms with van der Waals surface area (Å²) in [5.74, 6) is -0.155. The van der Waals surface area contributed by atoms with Gasteiger partial charge in [-0.3, -0.25) is 9.48 Å². The van der Waals surface area contributed by atoms with E-state index in [4.69, 9.17) is 0 Å². The third kappa shape index (κ3) is 3.29. The Morgan fingerprint density at radius 1 is 1.32 bits per heavy atom. The molecule has 150 valence electrons. The van der Waals surface area contributed by atoms with Gasteiger partial charge in [-0.05, 0) is 57.7 Å². The van der Waals surface area contributed by atoms with Crippen molar-refractivity contribution in [2.75, 3.05) is 11.4 Å². The Morgan fingerprint density at radius 3 is 2.89 bits per heavy atom. The lowest BCUT2D eigenvalue weighted by molar-refractivity contribution is 0.0605. The number of benzene rings is 1. The van der Waals surface area contributed by atoms with E-state index >= 15 is 0 Å². The van der Waals surface area contributed by atoms with Gasteiger partial charge in [-0.2, -0.15) is 5.10 Å². The first-order valence-electron chi connectivity index (χ1n) is 10.3. The summed E-state index contributed by atoms with van der Waals surface area (Å²) >= 11 is 0. The van der Waals surface area contributed by atoms with Crippen molar-refractivity contribution >= 4 is 11.6 Å². The minimum atomic E-state index is -0.219. The SMILES string of the molecule is CCCn1cc(C(=O)N2CCC[C@H]3[C@@H]2CC(C)(C)N3c2cccc(F)c2)cn1. The first kappa shape index (κ1) is 19.0. The van der Waals surface area contributed by atoms with Crippen molar-refractivity contribution in [3.05, 3.63) is 48.0 Å². The number of piperidine rings is 1. The maximum absolute atomic E-state index is 13.9. The highest BCUT2D eigenvalue weighted by molar-refractivity contribution is 5.94. The van der Waals surface area contributed by atoms with Gasteiger partial charge < -0.3 is 9.80 Å². The number of hydrogen-bond acceptors (Lipinski definition) is 3. The summed E-state index contributed by atoms with van der Waals surface area (Å²) < 4.78 is 15.7. The van der Waals surface area contributed by atoms with Crippen molar-refractivity contribution in [1.29, 1.82) is 0 Å². The molecule has 0 spiro atoms. The van der Waals surface area contributed by atoms with Crippen LogP contribution in [0.2, 0.25) is 0 Å². The van der Waals surface area contributed by atoms with Crippen LogP contribution < -0.4 is 4.90 Å². The van der Waals surface area contributed by atoms with Gasteiger partial charge in [0.15, 0.2) is 0 Å². The van der Waals surface area contributed by atoms with Crippen molar-refractivity contribution in [3.8, 4) is 0 Å². The van der Waals surface area contributed by atoms with Crippen LogP contribution in [0.3, 0.4) is 0 Å². The van der Waals surface area contributed by atoms with Crippen molar-refractivity contribution in [2.45, 2.75) is 70.6 Å². The summed E-state index contributed by atoms with van der Waals surface area (Å²) in [5, 5.41) is 4.33. The molecule has 28 heavy (non-hydrogen) atoms. The van der Waals surface area contributed by atoms with E-state index in [1.807, 2.05) is 21.8 Å². The first-order valence-corrected chi connectivity index (χ1v) is 10.3. The number of carbonyl (C=O) groups excluding carboxylic acids is 1. The van der Waals surface area contributed by atoms with Gasteiger partial charge in [-0.25, -0.2) is 4.39 Å². The number of likely N-dealkylation sites (tertiary alicyclic amines) is 1. The van der Waals surface area contributed by atoms with Gasteiger partial charge in [0.25, 0.3) is 5.91 Å². The highest BCUT2D eigenvalue weighted by atomic mass is 19.1. The predicted octanol–water partition coefficient (Wildman–Crippen LogP) is 4.09. The lowest BCUT2D eigenvalue weighted by atomic mass is 9.93. The average molecular weight is 384 g/mol. The smallest absolute Gasteiger partial charge is 0.257 e. The number of fused-ring (bicyclic) bond motifs is 1. The number of aromatic nitrogens is 2. The Balaban J connectivity index is 1.62. The van der Waals surface area contributed by atoms with Crippen molar-refractivity contribution in [1.82, 2.24) is 14.7 Å². The van der Waals surface area contributed by atoms with Crippen molar-refractivity contribution in [2.24, 2.45) is 0 Å². The van der Waals surface area contributed by atoms with Crippen LogP contribution in [0.5, 0.6) is 0 Å². The fraction of sp³-hybridized carbons (Fsp3) is 0.545. The summed E-state index contributed by atoms with van der Waals surface area (Å²) in [4.78, 5) is 17.6. The molecule has 0 radical (unpaired) electrons. The predicted molar refractivity (Wildman–Crippen MR) is 108 cm³/mol. The number of rotatable bonds is 4. The van der Waals surface area contributed by atoms with E-state index in [2.05, 4.69) is 30.8 Å². The molecule has 2 aliphatic rings. The minimum absolute atomic E-state index is 0.0638. The van der Waals surface area contributed by atoms with E-state index in [1.165, 1.54) is 6.07 Å². The van der Waals surface area contributed by atoms with Crippen LogP contribution in [-0.2, 0) is 6.54 Å². The highest BCUT2D eigenvalue weighted by Gasteiger charge is 2.50. The molecule has 1 aromatic carbocycles. The molecule has 0 aliphatic carbocycles. The van der Waals surface area contributed by atoms with E-state index in [0.717, 1.165) is 44.5 Å². The van der Waals surface area contributed by atoms with Gasteiger partial charge in [0.05, 0.1) is 23.8 Å². The van der Waals surface area contributed by atoms with E-state index in [1.54, 1.807) is 18.3 Å². The van der Waals surface area contributed by atoms with E-state index < -0.39 is 0 Å². The fourth-order valence-electron chi connectivity index (χ4n) is 5.05. The molecule has 2 fully saturated rings. The van der Waals surface area contributed by atoms with Crippen molar-refractivity contribution < 1.29 is 9.18 Å². The molecule has 2 aromatic rings. The second-order valence-electron chi connectivity index (χ2n) is 8.63. The largest absolute Gasteiger partial charge is 0.361 e. The minimum Gasteiger partial charge on any atom is -0.361 e. The summed E-state index contributed by atoms with van der Waals surface area (Å²) in [6.07, 6.45) is 7.39. The Kier molecular flexibility index (Phi) is 4.89. The molecule has 2 aliphatic heterocycles. The molecule has 5 nitrogen and oxygen atoms in total. The van der Waals surface area contributed by atoms with E-state index in [-0.39, 0.29) is 29.3 Å². The molecule has 0 unspecified atom stereocenters. The van der Waals surface area contributed by atoms with Crippen LogP contribution in [0.25, 0.3) is 0 Å². The van der Waals surface area contributed by atoms with Gasteiger partial charge >= 0.3 is 0 Å². The van der Waals surface area contributed by atoms with Crippen LogP contribution >= 0.6 is 0 Å². The molecule has 4 rings (SSSR count). The Labute approximate surface area is 166 Å². The van der Waals surface area contributed by atoms with Crippen LogP contribution in [0.1, 0.15) is 56.8 Å². The number of aryl methyl sites for hydroxylation is 1. The maximum Gasteiger partial charge on any atom is 0.257 e. The maximum atomic E-state index is 13.9. The second-order valence-corrected chi connectivity index (χ2v) is 8.63. The fourth-order valence-corrected chi connectivity index (χ4v) is 5.05. The number of nitrogens with zero attached hydrogens (tertiary/aromatic N) is 4. The summed E-state index contributed by atoms with van der Waals surface area (Å²) in [7, 11) is 0. The van der Waals surface area contributed by atoms with Gasteiger partial charge in [-0.15, -0.1) is 0 Å². The number of hydrogen-bond donors (Lipinski definition) is 0. The van der Waals surface area contributed by atoms with Crippen LogP contribution in [0, 0.1) is 5.82 Å². The summed E-state index contributed by atoms with van der Waals surface area (Å²) in [6, 6.07) is 7.17. The number of carbonyl (C=O) groups is 1. The number of anilines is 1. The third-order valence-corrected chi connectivity index (χ3v) is 6.12. The third-order valence-electron chi connectivity index (χ3n) is 6.12. The van der Waals surface area contributed by atoms with Gasteiger partial charge in [0.2, 0.25) is 0 Å². The molecule has 3 heterocycles. The van der Waals surface area contributed by atoms with Crippen molar-refractivity contribution in [3.63, 3.8) is 0 Å². The lowest BCUT2D eigenvalue weighted by Gasteiger charge is -2.42. The molecule has 0 N–H and O–H groups in total. The first-order chi connectivity index (χ1) is 13.4. The quantitative estimate of drug-likeness (QED) is 0.797. The Hall–Kier alpha value is -2.37. The van der Waals surface area contributed by atoms with Crippen LogP contribution in [0.4, 0.5) is 10.1 Å². The normalized spacial score (nSPS) is 23.7. The van der Waals surface area contributed by atoms with E-state index in [9.17, 15) is 9.18 Å². The lowest BCUT2D eigenvalue weighted by Crippen LogP contribution is -2.52. The average Bonchev–Trinajstić information content (AvgIpc) is 3.21. The molecule has 2 saturated heterocycles. The molecule has 0 saturated carbocycles. The van der Waals surface area contributed by atoms with Gasteiger partial charge in [0.1, 0.15) is 5.82 Å². The van der Waals surface area contributed by atoms with Gasteiger partial charge in [-0.1, -0.05) is 13.0 Å². The van der Waals surface area contributed by atoms with Crippen LogP contribution in [-0.4, -0.2) is 44.8 Å². The zero-order chi connectivity index (χ0) is 19.9. The summed E-state index contributed by atoms with van der Waals surface area (Å²) in [5.41, 5.74) is 1.43. The van der Waals surface area contributed by atoms with E-state index in [0.29, 0.717) is 5.56 Å². The molecule has 6 heteroatoms. The zero-order valence-electron chi connectivity index (χ0n) is 16.9. The highest BCUT2D eigenvalue weighted by Crippen LogP contribution is 2.44. The Morgan fingerprint density at radius 2 is 2.14 bits per heavy atom. The molecular formula is C22H29FN4O. The zero-order valence-corrected chi connectivity index (χ0v) is 16.9. The monoisotopic (exact) mass is 384 g/mol. The molecular weight excluding hydrogens is 355 g/mol. The van der Waals surface area contributed by atoms with Gasteiger partial charge in [0, 0.05) is 30.5 Å². The van der Waals surface area contributed by atoms with Crippen LogP contribution in [0.15, 0.2) is 36.7 Å². The molecule has 1 amide bonds. The number of amides is 1. The Bertz CT molecular complexity index is 862. The summed E-state index contributed by atoms with van der Waals surface area (Å²) in [6.45, 7) is 8.07. The topological polar surface area (TPSA) is 41.4 Å². The molecule has 2 atom stereocenters. The molecule has 1 aromatic heterocycles. The standard InChI is InChI=1S/C22H29FN4O/c1-4-10-25-15-16(14-24-25)21(28)26-11-6-9-19-20(26)13-22(2,3)27(19)18-8-5-7-17(23)12-18/h5,7-8,12,14-15,19-20H,4,6,9-11,13H2,1-3H3/t19-,20-/m0/s1. The number of halogens is 1. The second kappa shape index (κ2) is 7.22.